The van der Waals surface area contributed by atoms with Gasteiger partial charge in [0.25, 0.3) is 0 Å². The Morgan fingerprint density at radius 3 is 2.62 bits per heavy atom. The molecule has 2 unspecified atom stereocenters. The van der Waals surface area contributed by atoms with Gasteiger partial charge in [0.15, 0.2) is 0 Å². The Hall–Kier alpha value is -1.77. The number of carbonyl (C=O) groups is 1. The quantitative estimate of drug-likeness (QED) is 0.792. The second kappa shape index (κ2) is 4.39. The number of hydrogen-bond donors (Lipinski definition) is 1. The molecular formula is C13H14O3. The van der Waals surface area contributed by atoms with Crippen molar-refractivity contribution in [3.63, 3.8) is 0 Å². The SMILES string of the molecule is COc1ccc(C2C=CCC2C(=O)O)cc1. The van der Waals surface area contributed by atoms with E-state index in [1.165, 1.54) is 0 Å². The third-order valence-corrected chi connectivity index (χ3v) is 2.98. The standard InChI is InChI=1S/C13H14O3/c1-16-10-7-5-9(6-8-10)11-3-2-4-12(11)13(14)15/h2-3,5-8,11-12H,4H2,1H3,(H,14,15). The lowest BCUT2D eigenvalue weighted by Gasteiger charge is -2.15. The average Bonchev–Trinajstić information content (AvgIpc) is 2.78. The van der Waals surface area contributed by atoms with Gasteiger partial charge in [-0.05, 0) is 24.1 Å². The minimum Gasteiger partial charge on any atom is -0.497 e. The van der Waals surface area contributed by atoms with Crippen LogP contribution in [0.15, 0.2) is 36.4 Å². The fourth-order valence-corrected chi connectivity index (χ4v) is 2.08. The molecule has 1 aromatic carbocycles. The van der Waals surface area contributed by atoms with E-state index in [0.29, 0.717) is 6.42 Å². The predicted molar refractivity (Wildman–Crippen MR) is 60.6 cm³/mol. The van der Waals surface area contributed by atoms with Crippen LogP contribution in [-0.4, -0.2) is 18.2 Å². The van der Waals surface area contributed by atoms with Gasteiger partial charge < -0.3 is 9.84 Å². The first-order valence-electron chi connectivity index (χ1n) is 5.26. The van der Waals surface area contributed by atoms with Crippen molar-refractivity contribution >= 4 is 5.97 Å². The lowest BCUT2D eigenvalue weighted by atomic mass is 9.89. The van der Waals surface area contributed by atoms with E-state index in [0.717, 1.165) is 11.3 Å². The molecule has 16 heavy (non-hydrogen) atoms. The van der Waals surface area contributed by atoms with Crippen LogP contribution in [0, 0.1) is 5.92 Å². The van der Waals surface area contributed by atoms with Crippen LogP contribution < -0.4 is 4.74 Å². The number of rotatable bonds is 3. The molecule has 2 atom stereocenters. The lowest BCUT2D eigenvalue weighted by molar-refractivity contribution is -0.141. The largest absolute Gasteiger partial charge is 0.497 e. The first-order chi connectivity index (χ1) is 7.72. The molecule has 0 spiro atoms. The Labute approximate surface area is 94.4 Å². The summed E-state index contributed by atoms with van der Waals surface area (Å²) in [5, 5.41) is 9.08. The van der Waals surface area contributed by atoms with Crippen molar-refractivity contribution in [2.75, 3.05) is 7.11 Å². The Morgan fingerprint density at radius 2 is 2.06 bits per heavy atom. The Balaban J connectivity index is 2.22. The van der Waals surface area contributed by atoms with Gasteiger partial charge >= 0.3 is 5.97 Å². The van der Waals surface area contributed by atoms with Crippen molar-refractivity contribution in [2.45, 2.75) is 12.3 Å². The molecule has 1 aliphatic rings. The van der Waals surface area contributed by atoms with Gasteiger partial charge in [0.05, 0.1) is 13.0 Å². The molecule has 2 rings (SSSR count). The van der Waals surface area contributed by atoms with E-state index in [4.69, 9.17) is 9.84 Å². The van der Waals surface area contributed by atoms with E-state index in [-0.39, 0.29) is 11.8 Å². The molecule has 1 N–H and O–H groups in total. The number of aliphatic carboxylic acids is 1. The normalized spacial score (nSPS) is 23.3. The summed E-state index contributed by atoms with van der Waals surface area (Å²) in [4.78, 5) is 11.0. The van der Waals surface area contributed by atoms with Crippen molar-refractivity contribution in [3.05, 3.63) is 42.0 Å². The van der Waals surface area contributed by atoms with Crippen LogP contribution in [0.2, 0.25) is 0 Å². The highest BCUT2D eigenvalue weighted by Gasteiger charge is 2.30. The average molecular weight is 218 g/mol. The van der Waals surface area contributed by atoms with E-state index in [1.807, 2.05) is 36.4 Å². The fourth-order valence-electron chi connectivity index (χ4n) is 2.08. The lowest BCUT2D eigenvalue weighted by Crippen LogP contribution is -2.17. The Morgan fingerprint density at radius 1 is 1.38 bits per heavy atom. The Kier molecular flexibility index (Phi) is 2.95. The van der Waals surface area contributed by atoms with E-state index in [2.05, 4.69) is 0 Å². The zero-order valence-corrected chi connectivity index (χ0v) is 9.09. The van der Waals surface area contributed by atoms with Crippen LogP contribution in [0.4, 0.5) is 0 Å². The van der Waals surface area contributed by atoms with Gasteiger partial charge in [0.2, 0.25) is 0 Å². The van der Waals surface area contributed by atoms with Gasteiger partial charge in [-0.25, -0.2) is 0 Å². The summed E-state index contributed by atoms with van der Waals surface area (Å²) >= 11 is 0. The highest BCUT2D eigenvalue weighted by atomic mass is 16.5. The molecule has 1 aromatic rings. The van der Waals surface area contributed by atoms with Crippen molar-refractivity contribution in [1.82, 2.24) is 0 Å². The van der Waals surface area contributed by atoms with Crippen molar-refractivity contribution in [3.8, 4) is 5.75 Å². The molecule has 0 radical (unpaired) electrons. The molecule has 0 aliphatic heterocycles. The van der Waals surface area contributed by atoms with Crippen LogP contribution >= 0.6 is 0 Å². The van der Waals surface area contributed by atoms with Gasteiger partial charge in [0, 0.05) is 5.92 Å². The molecule has 0 bridgehead atoms. The van der Waals surface area contributed by atoms with Gasteiger partial charge in [-0.2, -0.15) is 0 Å². The predicted octanol–water partition coefficient (Wildman–Crippen LogP) is 2.44. The van der Waals surface area contributed by atoms with Crippen molar-refractivity contribution in [2.24, 2.45) is 5.92 Å². The zero-order valence-electron chi connectivity index (χ0n) is 9.09. The van der Waals surface area contributed by atoms with Gasteiger partial charge in [-0.3, -0.25) is 4.79 Å². The number of allylic oxidation sites excluding steroid dienone is 2. The number of hydrogen-bond acceptors (Lipinski definition) is 2. The summed E-state index contributed by atoms with van der Waals surface area (Å²) < 4.78 is 5.07. The van der Waals surface area contributed by atoms with Gasteiger partial charge in [0.1, 0.15) is 5.75 Å². The minimum absolute atomic E-state index is 0.0107. The number of ether oxygens (including phenoxy) is 1. The second-order valence-electron chi connectivity index (χ2n) is 3.91. The smallest absolute Gasteiger partial charge is 0.307 e. The summed E-state index contributed by atoms with van der Waals surface area (Å²) in [6.45, 7) is 0. The van der Waals surface area contributed by atoms with Crippen LogP contribution in [-0.2, 0) is 4.79 Å². The topological polar surface area (TPSA) is 46.5 Å². The van der Waals surface area contributed by atoms with Crippen LogP contribution in [0.5, 0.6) is 5.75 Å². The monoisotopic (exact) mass is 218 g/mol. The maximum atomic E-state index is 11.0. The first-order valence-corrected chi connectivity index (χ1v) is 5.26. The van der Waals surface area contributed by atoms with Gasteiger partial charge in [-0.1, -0.05) is 24.3 Å². The summed E-state index contributed by atoms with van der Waals surface area (Å²) in [5.74, 6) is -0.278. The molecule has 0 saturated heterocycles. The van der Waals surface area contributed by atoms with Crippen LogP contribution in [0.25, 0.3) is 0 Å². The number of benzene rings is 1. The van der Waals surface area contributed by atoms with E-state index in [9.17, 15) is 4.79 Å². The summed E-state index contributed by atoms with van der Waals surface area (Å²) in [5.41, 5.74) is 1.03. The number of carboxylic acid groups (broad SMARTS) is 1. The van der Waals surface area contributed by atoms with Crippen LogP contribution in [0.3, 0.4) is 0 Å². The van der Waals surface area contributed by atoms with E-state index >= 15 is 0 Å². The maximum absolute atomic E-state index is 11.0. The molecule has 0 saturated carbocycles. The highest BCUT2D eigenvalue weighted by molar-refractivity contribution is 5.73. The van der Waals surface area contributed by atoms with Crippen molar-refractivity contribution in [1.29, 1.82) is 0 Å². The van der Waals surface area contributed by atoms with Gasteiger partial charge in [-0.15, -0.1) is 0 Å². The molecule has 3 nitrogen and oxygen atoms in total. The minimum atomic E-state index is -0.731. The Bertz CT molecular complexity index is 406. The summed E-state index contributed by atoms with van der Waals surface area (Å²) in [7, 11) is 1.62. The highest BCUT2D eigenvalue weighted by Crippen LogP contribution is 2.35. The third-order valence-electron chi connectivity index (χ3n) is 2.98. The molecular weight excluding hydrogens is 204 g/mol. The van der Waals surface area contributed by atoms with Crippen LogP contribution in [0.1, 0.15) is 17.9 Å². The molecule has 3 heteroatoms. The number of carboxylic acids is 1. The molecule has 0 aromatic heterocycles. The zero-order chi connectivity index (χ0) is 11.5. The first kappa shape index (κ1) is 10.7. The molecule has 0 amide bonds. The molecule has 0 fully saturated rings. The van der Waals surface area contributed by atoms with E-state index < -0.39 is 5.97 Å². The third kappa shape index (κ3) is 1.94. The summed E-state index contributed by atoms with van der Waals surface area (Å²) in [6.07, 6.45) is 4.53. The fraction of sp³-hybridized carbons (Fsp3) is 0.308. The second-order valence-corrected chi connectivity index (χ2v) is 3.91. The van der Waals surface area contributed by atoms with E-state index in [1.54, 1.807) is 7.11 Å². The molecule has 84 valence electrons. The molecule has 1 aliphatic carbocycles. The molecule has 0 heterocycles. The summed E-state index contributed by atoms with van der Waals surface area (Å²) in [6, 6.07) is 7.57. The van der Waals surface area contributed by atoms with Crippen molar-refractivity contribution < 1.29 is 14.6 Å². The number of methoxy groups -OCH3 is 1. The maximum Gasteiger partial charge on any atom is 0.307 e.